The molecule has 0 bridgehead atoms. The lowest BCUT2D eigenvalue weighted by Crippen LogP contribution is -2.15. The molecule has 0 atom stereocenters. The number of aryl methyl sites for hydroxylation is 1. The van der Waals surface area contributed by atoms with Gasteiger partial charge in [-0.2, -0.15) is 13.2 Å². The van der Waals surface area contributed by atoms with Gasteiger partial charge in [0.1, 0.15) is 5.69 Å². The van der Waals surface area contributed by atoms with Crippen LogP contribution in [0.4, 0.5) is 13.2 Å². The van der Waals surface area contributed by atoms with Gasteiger partial charge in [0.25, 0.3) is 0 Å². The third-order valence-electron chi connectivity index (χ3n) is 2.90. The van der Waals surface area contributed by atoms with Gasteiger partial charge in [-0.1, -0.05) is 0 Å². The second-order valence-electron chi connectivity index (χ2n) is 4.27. The van der Waals surface area contributed by atoms with Crippen LogP contribution in [0.25, 0.3) is 0 Å². The number of fused-ring (bicyclic) bond motifs is 1. The fourth-order valence-corrected chi connectivity index (χ4v) is 2.14. The molecule has 1 aromatic heterocycles. The summed E-state index contributed by atoms with van der Waals surface area (Å²) >= 11 is 0. The molecule has 0 saturated heterocycles. The molecule has 0 aromatic carbocycles. The number of pyridine rings is 1. The van der Waals surface area contributed by atoms with Crippen molar-refractivity contribution in [1.82, 2.24) is 4.98 Å². The molecule has 2 nitrogen and oxygen atoms in total. The van der Waals surface area contributed by atoms with Gasteiger partial charge in [-0.05, 0) is 37.8 Å². The summed E-state index contributed by atoms with van der Waals surface area (Å²) < 4.78 is 38.6. The molecule has 17 heavy (non-hydrogen) atoms. The lowest BCUT2D eigenvalue weighted by molar-refractivity contribution is -0.138. The summed E-state index contributed by atoms with van der Waals surface area (Å²) in [5, 5.41) is 0. The van der Waals surface area contributed by atoms with Crippen molar-refractivity contribution in [1.29, 1.82) is 0 Å². The summed E-state index contributed by atoms with van der Waals surface area (Å²) in [6.45, 7) is 1.48. The first-order chi connectivity index (χ1) is 7.89. The molecule has 1 aromatic rings. The normalized spacial score (nSPS) is 16.6. The van der Waals surface area contributed by atoms with Crippen LogP contribution in [-0.4, -0.2) is 10.8 Å². The summed E-state index contributed by atoms with van der Waals surface area (Å²) in [5.74, 6) is -0.272. The molecule has 2 rings (SSSR count). The van der Waals surface area contributed by atoms with E-state index in [2.05, 4.69) is 4.98 Å². The van der Waals surface area contributed by atoms with E-state index >= 15 is 0 Å². The van der Waals surface area contributed by atoms with Crippen molar-refractivity contribution in [3.8, 4) is 0 Å². The van der Waals surface area contributed by atoms with Crippen LogP contribution in [0.3, 0.4) is 0 Å². The molecule has 0 aliphatic heterocycles. The van der Waals surface area contributed by atoms with E-state index in [9.17, 15) is 18.0 Å². The minimum Gasteiger partial charge on any atom is -0.292 e. The number of carbonyl (C=O) groups excluding carboxylic acids is 1. The first kappa shape index (κ1) is 12.1. The maximum atomic E-state index is 12.9. The smallest absolute Gasteiger partial charge is 0.292 e. The van der Waals surface area contributed by atoms with Crippen LogP contribution in [0.15, 0.2) is 6.07 Å². The summed E-state index contributed by atoms with van der Waals surface area (Å²) in [4.78, 5) is 15.7. The number of alkyl halides is 3. The lowest BCUT2D eigenvalue weighted by atomic mass is 10.00. The summed E-state index contributed by atoms with van der Waals surface area (Å²) in [7, 11) is 0. The fraction of sp³-hybridized carbons (Fsp3) is 0.500. The average molecular weight is 243 g/mol. The van der Waals surface area contributed by atoms with Crippen LogP contribution >= 0.6 is 0 Å². The molecule has 0 radical (unpaired) electrons. The predicted octanol–water partition coefficient (Wildman–Crippen LogP) is 3.32. The van der Waals surface area contributed by atoms with Gasteiger partial charge < -0.3 is 0 Å². The molecule has 0 amide bonds. The van der Waals surface area contributed by atoms with E-state index in [-0.39, 0.29) is 29.2 Å². The quantitative estimate of drug-likeness (QED) is 0.654. The van der Waals surface area contributed by atoms with Crippen molar-refractivity contribution in [2.75, 3.05) is 0 Å². The van der Waals surface area contributed by atoms with Crippen molar-refractivity contribution in [2.24, 2.45) is 0 Å². The standard InChI is InChI=1S/C12H12F3NO/c1-7-6-9(12(13,14)15)8-4-2-3-5-10(17)11(8)16-7/h6H,2-5H2,1H3. The summed E-state index contributed by atoms with van der Waals surface area (Å²) in [6, 6.07) is 1.03. The van der Waals surface area contributed by atoms with Crippen LogP contribution in [0.1, 0.15) is 46.6 Å². The largest absolute Gasteiger partial charge is 0.416 e. The number of halogens is 3. The Balaban J connectivity index is 2.65. The Bertz CT molecular complexity index is 466. The number of nitrogens with zero attached hydrogens (tertiary/aromatic N) is 1. The molecule has 5 heteroatoms. The maximum Gasteiger partial charge on any atom is 0.416 e. The Morgan fingerprint density at radius 3 is 2.53 bits per heavy atom. The number of carbonyl (C=O) groups is 1. The first-order valence-electron chi connectivity index (χ1n) is 5.50. The lowest BCUT2D eigenvalue weighted by Gasteiger charge is -2.14. The van der Waals surface area contributed by atoms with Crippen molar-refractivity contribution >= 4 is 5.78 Å². The molecule has 1 aliphatic carbocycles. The van der Waals surface area contributed by atoms with E-state index in [0.717, 1.165) is 6.07 Å². The minimum atomic E-state index is -4.41. The highest BCUT2D eigenvalue weighted by Gasteiger charge is 2.36. The Hall–Kier alpha value is -1.39. The van der Waals surface area contributed by atoms with Gasteiger partial charge in [0.05, 0.1) is 5.56 Å². The number of hydrogen-bond donors (Lipinski definition) is 0. The highest BCUT2D eigenvalue weighted by Crippen LogP contribution is 2.35. The van der Waals surface area contributed by atoms with Gasteiger partial charge in [-0.15, -0.1) is 0 Å². The van der Waals surface area contributed by atoms with Gasteiger partial charge in [-0.25, -0.2) is 4.98 Å². The van der Waals surface area contributed by atoms with Crippen LogP contribution < -0.4 is 0 Å². The number of ketones is 1. The second kappa shape index (κ2) is 4.13. The fourth-order valence-electron chi connectivity index (χ4n) is 2.14. The zero-order valence-corrected chi connectivity index (χ0v) is 9.40. The Kier molecular flexibility index (Phi) is 2.93. The highest BCUT2D eigenvalue weighted by molar-refractivity contribution is 5.96. The molecule has 1 heterocycles. The topological polar surface area (TPSA) is 30.0 Å². The van der Waals surface area contributed by atoms with E-state index in [4.69, 9.17) is 0 Å². The minimum absolute atomic E-state index is 0.0230. The van der Waals surface area contributed by atoms with Gasteiger partial charge in [0, 0.05) is 12.1 Å². The third-order valence-corrected chi connectivity index (χ3v) is 2.90. The average Bonchev–Trinajstić information content (AvgIpc) is 2.39. The van der Waals surface area contributed by atoms with Gasteiger partial charge in [0.15, 0.2) is 5.78 Å². The SMILES string of the molecule is Cc1cc(C(F)(F)F)c2c(n1)C(=O)CCCC2. The molecule has 92 valence electrons. The van der Waals surface area contributed by atoms with Gasteiger partial charge in [-0.3, -0.25) is 4.79 Å². The van der Waals surface area contributed by atoms with Gasteiger partial charge >= 0.3 is 6.18 Å². The Morgan fingerprint density at radius 1 is 1.24 bits per heavy atom. The monoisotopic (exact) mass is 243 g/mol. The molecule has 0 spiro atoms. The van der Waals surface area contributed by atoms with E-state index in [0.29, 0.717) is 19.3 Å². The molecule has 0 N–H and O–H groups in total. The zero-order chi connectivity index (χ0) is 12.6. The third kappa shape index (κ3) is 2.33. The second-order valence-corrected chi connectivity index (χ2v) is 4.27. The molecule has 1 aliphatic rings. The van der Waals surface area contributed by atoms with Crippen molar-refractivity contribution < 1.29 is 18.0 Å². The predicted molar refractivity (Wildman–Crippen MR) is 55.9 cm³/mol. The number of aromatic nitrogens is 1. The Morgan fingerprint density at radius 2 is 1.88 bits per heavy atom. The van der Waals surface area contributed by atoms with Crippen molar-refractivity contribution in [2.45, 2.75) is 38.8 Å². The van der Waals surface area contributed by atoms with E-state index in [1.807, 2.05) is 0 Å². The molecule has 0 unspecified atom stereocenters. The molecular weight excluding hydrogens is 231 g/mol. The number of rotatable bonds is 0. The molecule has 0 fully saturated rings. The van der Waals surface area contributed by atoms with Crippen LogP contribution in [0, 0.1) is 6.92 Å². The van der Waals surface area contributed by atoms with E-state index in [1.54, 1.807) is 0 Å². The van der Waals surface area contributed by atoms with Gasteiger partial charge in [0.2, 0.25) is 0 Å². The van der Waals surface area contributed by atoms with Crippen LogP contribution in [-0.2, 0) is 12.6 Å². The maximum absolute atomic E-state index is 12.9. The Labute approximate surface area is 96.9 Å². The number of hydrogen-bond acceptors (Lipinski definition) is 2. The summed E-state index contributed by atoms with van der Waals surface area (Å²) in [6.07, 6.45) is -2.61. The first-order valence-corrected chi connectivity index (χ1v) is 5.50. The molecular formula is C12H12F3NO. The number of Topliss-reactive ketones (excluding diaryl/α,β-unsaturated/α-hetero) is 1. The van der Waals surface area contributed by atoms with Crippen molar-refractivity contribution in [3.05, 3.63) is 28.6 Å². The van der Waals surface area contributed by atoms with Crippen LogP contribution in [0.5, 0.6) is 0 Å². The highest BCUT2D eigenvalue weighted by atomic mass is 19.4. The van der Waals surface area contributed by atoms with Crippen molar-refractivity contribution in [3.63, 3.8) is 0 Å². The van der Waals surface area contributed by atoms with E-state index < -0.39 is 11.7 Å². The van der Waals surface area contributed by atoms with Crippen LogP contribution in [0.2, 0.25) is 0 Å². The van der Waals surface area contributed by atoms with E-state index in [1.165, 1.54) is 6.92 Å². The zero-order valence-electron chi connectivity index (χ0n) is 9.40. The summed E-state index contributed by atoms with van der Waals surface area (Å²) in [5.41, 5.74) is -0.359. The molecule has 0 saturated carbocycles.